The topological polar surface area (TPSA) is 70.7 Å². The molecule has 0 aliphatic carbocycles. The van der Waals surface area contributed by atoms with Crippen LogP contribution in [0.1, 0.15) is 11.7 Å². The number of benzene rings is 1. The van der Waals surface area contributed by atoms with E-state index in [1.807, 2.05) is 30.3 Å². The normalized spacial score (nSPS) is 28.5. The van der Waals surface area contributed by atoms with Gasteiger partial charge in [0.1, 0.15) is 12.1 Å². The van der Waals surface area contributed by atoms with Crippen LogP contribution < -0.4 is 10.6 Å². The monoisotopic (exact) mass is 285 g/mol. The summed E-state index contributed by atoms with van der Waals surface area (Å²) < 4.78 is 4.73. The van der Waals surface area contributed by atoms with E-state index in [1.54, 1.807) is 0 Å². The molecule has 0 radical (unpaired) electrons. The Kier molecular flexibility index (Phi) is 3.60. The van der Waals surface area contributed by atoms with Gasteiger partial charge in [0, 0.05) is 6.54 Å². The van der Waals surface area contributed by atoms with Crippen LogP contribution in [0.25, 0.3) is 0 Å². The number of carbonyl (C=O) groups excluding carboxylic acids is 2. The number of rotatable bonds is 2. The Morgan fingerprint density at radius 3 is 2.81 bits per heavy atom. The van der Waals surface area contributed by atoms with Crippen LogP contribution in [-0.2, 0) is 9.53 Å². The third-order valence-electron chi connectivity index (χ3n) is 3.72. The fraction of sp³-hybridized carbons (Fsp3) is 0.333. The maximum atomic E-state index is 11.8. The first-order chi connectivity index (χ1) is 10.2. The number of nitrogens with zero attached hydrogens (tertiary/aromatic N) is 1. The molecule has 2 aliphatic rings. The predicted octanol–water partition coefficient (Wildman–Crippen LogP) is 0.432. The molecule has 1 amide bonds. The number of carbonyl (C=O) groups is 2. The number of esters is 1. The van der Waals surface area contributed by atoms with Crippen LogP contribution in [0.4, 0.5) is 4.79 Å². The van der Waals surface area contributed by atoms with E-state index in [4.69, 9.17) is 11.2 Å². The van der Waals surface area contributed by atoms with Gasteiger partial charge in [-0.3, -0.25) is 20.3 Å². The fourth-order valence-electron chi connectivity index (χ4n) is 2.68. The Bertz CT molecular complexity index is 596. The number of terminal acetylenes is 1. The van der Waals surface area contributed by atoms with E-state index in [9.17, 15) is 9.59 Å². The number of hydrogen-bond acceptors (Lipinski definition) is 5. The zero-order valence-corrected chi connectivity index (χ0v) is 11.3. The van der Waals surface area contributed by atoms with Crippen molar-refractivity contribution in [1.82, 2.24) is 15.5 Å². The van der Waals surface area contributed by atoms with Crippen LogP contribution >= 0.6 is 0 Å². The quantitative estimate of drug-likeness (QED) is 0.468. The minimum absolute atomic E-state index is 0.0990. The highest BCUT2D eigenvalue weighted by Gasteiger charge is 2.46. The van der Waals surface area contributed by atoms with Crippen molar-refractivity contribution in [2.45, 2.75) is 12.3 Å². The summed E-state index contributed by atoms with van der Waals surface area (Å²) in [6, 6.07) is 9.74. The number of ether oxygens (including phenoxy) is 1. The summed E-state index contributed by atoms with van der Waals surface area (Å²) in [4.78, 5) is 25.0. The average Bonchev–Trinajstić information content (AvgIpc) is 2.52. The molecule has 2 aliphatic heterocycles. The van der Waals surface area contributed by atoms with Crippen LogP contribution in [-0.4, -0.2) is 36.2 Å². The van der Waals surface area contributed by atoms with Gasteiger partial charge in [-0.2, -0.15) is 0 Å². The van der Waals surface area contributed by atoms with E-state index in [-0.39, 0.29) is 12.7 Å². The maximum absolute atomic E-state index is 11.8. The van der Waals surface area contributed by atoms with Gasteiger partial charge in [0.05, 0.1) is 12.7 Å². The van der Waals surface area contributed by atoms with E-state index in [1.165, 1.54) is 4.90 Å². The summed E-state index contributed by atoms with van der Waals surface area (Å²) in [5.74, 6) is 1.44. The van der Waals surface area contributed by atoms with Gasteiger partial charge in [0.2, 0.25) is 0 Å². The first-order valence-electron chi connectivity index (χ1n) is 6.71. The van der Waals surface area contributed by atoms with Gasteiger partial charge in [-0.05, 0) is 5.56 Å². The highest BCUT2D eigenvalue weighted by molar-refractivity contribution is 5.89. The summed E-state index contributed by atoms with van der Waals surface area (Å²) >= 11 is 0. The molecule has 2 heterocycles. The van der Waals surface area contributed by atoms with E-state index in [2.05, 4.69) is 16.6 Å². The first kappa shape index (κ1) is 13.6. The molecule has 2 fully saturated rings. The lowest BCUT2D eigenvalue weighted by Crippen LogP contribution is -2.67. The zero-order chi connectivity index (χ0) is 14.8. The molecule has 6 heteroatoms. The second-order valence-electron chi connectivity index (χ2n) is 4.99. The minimum Gasteiger partial charge on any atom is -0.376 e. The van der Waals surface area contributed by atoms with E-state index in [0.29, 0.717) is 6.54 Å². The van der Waals surface area contributed by atoms with Gasteiger partial charge in [0.15, 0.2) is 0 Å². The molecule has 3 unspecified atom stereocenters. The van der Waals surface area contributed by atoms with Gasteiger partial charge < -0.3 is 4.74 Å². The molecule has 2 saturated heterocycles. The molecule has 0 aromatic heterocycles. The second-order valence-corrected chi connectivity index (χ2v) is 4.99. The van der Waals surface area contributed by atoms with Crippen molar-refractivity contribution in [3.05, 3.63) is 35.9 Å². The molecular formula is C15H15N3O3. The number of amides is 1. The largest absolute Gasteiger partial charge is 0.419 e. The molecule has 21 heavy (non-hydrogen) atoms. The standard InChI is InChI=1S/C15H15N3O3/c1-2-8-18-13-11(14(19)21-15(18)20)9-16-12(17-13)10-6-4-3-5-7-10/h1,3-7,11-13,16-17H,8-9H2. The van der Waals surface area contributed by atoms with Gasteiger partial charge in [-0.25, -0.2) is 4.79 Å². The third-order valence-corrected chi connectivity index (χ3v) is 3.72. The van der Waals surface area contributed by atoms with Crippen molar-refractivity contribution in [1.29, 1.82) is 0 Å². The maximum Gasteiger partial charge on any atom is 0.419 e. The molecule has 3 rings (SSSR count). The number of cyclic esters (lactones) is 2. The summed E-state index contributed by atoms with van der Waals surface area (Å²) in [5, 5.41) is 6.51. The van der Waals surface area contributed by atoms with Crippen LogP contribution in [0.2, 0.25) is 0 Å². The Morgan fingerprint density at radius 2 is 2.10 bits per heavy atom. The lowest BCUT2D eigenvalue weighted by Gasteiger charge is -2.44. The molecule has 108 valence electrons. The predicted molar refractivity (Wildman–Crippen MR) is 74.6 cm³/mol. The van der Waals surface area contributed by atoms with Gasteiger partial charge in [-0.1, -0.05) is 36.3 Å². The Labute approximate surface area is 122 Å². The molecule has 3 atom stereocenters. The van der Waals surface area contributed by atoms with Gasteiger partial charge in [0.25, 0.3) is 0 Å². The van der Waals surface area contributed by atoms with Gasteiger partial charge in [-0.15, -0.1) is 6.42 Å². The number of fused-ring (bicyclic) bond motifs is 1. The first-order valence-corrected chi connectivity index (χ1v) is 6.71. The van der Waals surface area contributed by atoms with Crippen molar-refractivity contribution in [2.24, 2.45) is 5.92 Å². The van der Waals surface area contributed by atoms with Crippen molar-refractivity contribution in [2.75, 3.05) is 13.1 Å². The smallest absolute Gasteiger partial charge is 0.376 e. The Morgan fingerprint density at radius 1 is 1.33 bits per heavy atom. The van der Waals surface area contributed by atoms with E-state index >= 15 is 0 Å². The van der Waals surface area contributed by atoms with Crippen molar-refractivity contribution in [3.63, 3.8) is 0 Å². The minimum atomic E-state index is -0.694. The molecule has 2 N–H and O–H groups in total. The molecule has 0 spiro atoms. The SMILES string of the molecule is C#CCN1C(=O)OC(=O)C2CNC(c3ccccc3)NC21. The van der Waals surface area contributed by atoms with E-state index < -0.39 is 24.1 Å². The van der Waals surface area contributed by atoms with Crippen LogP contribution in [0.5, 0.6) is 0 Å². The Balaban J connectivity index is 1.84. The molecular weight excluding hydrogens is 270 g/mol. The van der Waals surface area contributed by atoms with Crippen LogP contribution in [0.15, 0.2) is 30.3 Å². The fourth-order valence-corrected chi connectivity index (χ4v) is 2.68. The molecule has 0 bridgehead atoms. The highest BCUT2D eigenvalue weighted by atomic mass is 16.6. The van der Waals surface area contributed by atoms with Gasteiger partial charge >= 0.3 is 12.1 Å². The summed E-state index contributed by atoms with van der Waals surface area (Å²) in [7, 11) is 0. The molecule has 6 nitrogen and oxygen atoms in total. The summed E-state index contributed by atoms with van der Waals surface area (Å²) in [5.41, 5.74) is 1.03. The molecule has 0 saturated carbocycles. The van der Waals surface area contributed by atoms with Crippen molar-refractivity contribution < 1.29 is 14.3 Å². The average molecular weight is 285 g/mol. The lowest BCUT2D eigenvalue weighted by molar-refractivity contribution is -0.153. The van der Waals surface area contributed by atoms with Crippen LogP contribution in [0.3, 0.4) is 0 Å². The third kappa shape index (κ3) is 2.49. The summed E-state index contributed by atoms with van der Waals surface area (Å²) in [6.07, 6.45) is 4.00. The number of hydrogen-bond donors (Lipinski definition) is 2. The van der Waals surface area contributed by atoms with Crippen LogP contribution in [0, 0.1) is 18.3 Å². The summed E-state index contributed by atoms with van der Waals surface area (Å²) in [6.45, 7) is 0.520. The zero-order valence-electron chi connectivity index (χ0n) is 11.3. The van der Waals surface area contributed by atoms with Crippen molar-refractivity contribution >= 4 is 12.1 Å². The van der Waals surface area contributed by atoms with Crippen molar-refractivity contribution in [3.8, 4) is 12.3 Å². The second kappa shape index (κ2) is 5.56. The highest BCUT2D eigenvalue weighted by Crippen LogP contribution is 2.25. The lowest BCUT2D eigenvalue weighted by atomic mass is 9.98. The molecule has 1 aromatic carbocycles. The Hall–Kier alpha value is -2.36. The van der Waals surface area contributed by atoms with E-state index in [0.717, 1.165) is 5.56 Å². The number of nitrogens with one attached hydrogen (secondary N) is 2. The molecule has 1 aromatic rings.